The quantitative estimate of drug-likeness (QED) is 0.809. The molecule has 0 aromatic heterocycles. The Morgan fingerprint density at radius 1 is 1.00 bits per heavy atom. The van der Waals surface area contributed by atoms with Crippen LogP contribution >= 0.6 is 0 Å². The topological polar surface area (TPSA) is 58.2 Å². The van der Waals surface area contributed by atoms with E-state index >= 15 is 0 Å². The summed E-state index contributed by atoms with van der Waals surface area (Å²) in [6.07, 6.45) is 4.37. The highest BCUT2D eigenvalue weighted by molar-refractivity contribution is 5.81. The summed E-state index contributed by atoms with van der Waals surface area (Å²) in [5.74, 6) is 0.237. The summed E-state index contributed by atoms with van der Waals surface area (Å²) in [5.41, 5.74) is -0.326. The molecule has 0 radical (unpaired) electrons. The monoisotopic (exact) mass is 254 g/mol. The normalized spacial score (nSPS) is 24.4. The highest BCUT2D eigenvalue weighted by Gasteiger charge is 2.27. The van der Waals surface area contributed by atoms with Crippen LogP contribution in [0.2, 0.25) is 0 Å². The molecule has 2 N–H and O–H groups in total. The van der Waals surface area contributed by atoms with Crippen LogP contribution in [0.4, 0.5) is 0 Å². The fraction of sp³-hybridized carbons (Fsp3) is 0.857. The lowest BCUT2D eigenvalue weighted by molar-refractivity contribution is -0.129. The van der Waals surface area contributed by atoms with Gasteiger partial charge in [0.1, 0.15) is 0 Å². The zero-order valence-corrected chi connectivity index (χ0v) is 12.0. The van der Waals surface area contributed by atoms with Gasteiger partial charge in [-0.25, -0.2) is 0 Å². The minimum atomic E-state index is -0.326. The maximum atomic E-state index is 11.9. The van der Waals surface area contributed by atoms with Crippen molar-refractivity contribution in [2.45, 2.75) is 71.9 Å². The number of carbonyl (C=O) groups is 2. The Morgan fingerprint density at radius 2 is 1.44 bits per heavy atom. The molecule has 2 amide bonds. The Balaban J connectivity index is 2.32. The first-order chi connectivity index (χ1) is 8.32. The van der Waals surface area contributed by atoms with Gasteiger partial charge in [0.25, 0.3) is 0 Å². The molecule has 1 aliphatic carbocycles. The van der Waals surface area contributed by atoms with Crippen LogP contribution in [0.3, 0.4) is 0 Å². The second kappa shape index (κ2) is 6.21. The SMILES string of the molecule is CCC(=O)NC1CCC(NC(=O)C(C)(C)C)CC1. The molecule has 0 aliphatic heterocycles. The highest BCUT2D eigenvalue weighted by atomic mass is 16.2. The van der Waals surface area contributed by atoms with Gasteiger partial charge < -0.3 is 10.6 Å². The van der Waals surface area contributed by atoms with Gasteiger partial charge in [0.15, 0.2) is 0 Å². The van der Waals surface area contributed by atoms with Gasteiger partial charge in [-0.1, -0.05) is 27.7 Å². The summed E-state index contributed by atoms with van der Waals surface area (Å²) < 4.78 is 0. The van der Waals surface area contributed by atoms with Gasteiger partial charge in [0, 0.05) is 23.9 Å². The average Bonchev–Trinajstić information content (AvgIpc) is 2.30. The summed E-state index contributed by atoms with van der Waals surface area (Å²) in [4.78, 5) is 23.1. The maximum absolute atomic E-state index is 11.9. The lowest BCUT2D eigenvalue weighted by atomic mass is 9.89. The van der Waals surface area contributed by atoms with Crippen LogP contribution in [0, 0.1) is 5.41 Å². The number of hydrogen-bond donors (Lipinski definition) is 2. The molecule has 1 rings (SSSR count). The fourth-order valence-electron chi connectivity index (χ4n) is 2.11. The summed E-state index contributed by atoms with van der Waals surface area (Å²) in [5, 5.41) is 6.12. The van der Waals surface area contributed by atoms with Gasteiger partial charge >= 0.3 is 0 Å². The van der Waals surface area contributed by atoms with Crippen molar-refractivity contribution in [2.24, 2.45) is 5.41 Å². The summed E-state index contributed by atoms with van der Waals surface area (Å²) in [7, 11) is 0. The number of nitrogens with one attached hydrogen (secondary N) is 2. The molecular weight excluding hydrogens is 228 g/mol. The van der Waals surface area contributed by atoms with Crippen molar-refractivity contribution in [3.8, 4) is 0 Å². The highest BCUT2D eigenvalue weighted by Crippen LogP contribution is 2.21. The third-order valence-corrected chi connectivity index (χ3v) is 3.43. The number of hydrogen-bond acceptors (Lipinski definition) is 2. The largest absolute Gasteiger partial charge is 0.353 e. The Bertz CT molecular complexity index is 299. The molecule has 18 heavy (non-hydrogen) atoms. The van der Waals surface area contributed by atoms with E-state index in [1.165, 1.54) is 0 Å². The van der Waals surface area contributed by atoms with Crippen molar-refractivity contribution < 1.29 is 9.59 Å². The van der Waals surface area contributed by atoms with Crippen LogP contribution in [-0.4, -0.2) is 23.9 Å². The molecule has 0 heterocycles. The molecule has 0 aromatic carbocycles. The van der Waals surface area contributed by atoms with Gasteiger partial charge in [-0.3, -0.25) is 9.59 Å². The molecular formula is C14H26N2O2. The molecule has 4 nitrogen and oxygen atoms in total. The molecule has 0 aromatic rings. The third-order valence-electron chi connectivity index (χ3n) is 3.43. The van der Waals surface area contributed by atoms with Crippen molar-refractivity contribution >= 4 is 11.8 Å². The Morgan fingerprint density at radius 3 is 1.83 bits per heavy atom. The van der Waals surface area contributed by atoms with Crippen LogP contribution in [0.25, 0.3) is 0 Å². The second-order valence-electron chi connectivity index (χ2n) is 6.19. The van der Waals surface area contributed by atoms with Crippen molar-refractivity contribution in [3.63, 3.8) is 0 Å². The number of amides is 2. The average molecular weight is 254 g/mol. The van der Waals surface area contributed by atoms with E-state index in [2.05, 4.69) is 10.6 Å². The molecule has 0 atom stereocenters. The molecule has 0 spiro atoms. The Hall–Kier alpha value is -1.06. The van der Waals surface area contributed by atoms with E-state index in [-0.39, 0.29) is 23.3 Å². The molecule has 0 saturated heterocycles. The molecule has 1 fully saturated rings. The van der Waals surface area contributed by atoms with E-state index in [0.29, 0.717) is 12.5 Å². The second-order valence-corrected chi connectivity index (χ2v) is 6.19. The smallest absolute Gasteiger partial charge is 0.225 e. The molecule has 0 unspecified atom stereocenters. The van der Waals surface area contributed by atoms with E-state index in [0.717, 1.165) is 25.7 Å². The van der Waals surface area contributed by atoms with Gasteiger partial charge in [-0.05, 0) is 25.7 Å². The van der Waals surface area contributed by atoms with Gasteiger partial charge in [-0.15, -0.1) is 0 Å². The summed E-state index contributed by atoms with van der Waals surface area (Å²) in [6.45, 7) is 7.64. The van der Waals surface area contributed by atoms with Gasteiger partial charge in [-0.2, -0.15) is 0 Å². The predicted molar refractivity (Wildman–Crippen MR) is 72.1 cm³/mol. The first-order valence-corrected chi connectivity index (χ1v) is 6.93. The first-order valence-electron chi connectivity index (χ1n) is 6.93. The van der Waals surface area contributed by atoms with Crippen molar-refractivity contribution in [1.29, 1.82) is 0 Å². The lowest BCUT2D eigenvalue weighted by Gasteiger charge is -2.31. The zero-order chi connectivity index (χ0) is 13.8. The third kappa shape index (κ3) is 4.67. The van der Waals surface area contributed by atoms with Gasteiger partial charge in [0.2, 0.25) is 11.8 Å². The van der Waals surface area contributed by atoms with Crippen LogP contribution in [-0.2, 0) is 9.59 Å². The van der Waals surface area contributed by atoms with E-state index in [1.807, 2.05) is 27.7 Å². The van der Waals surface area contributed by atoms with E-state index in [1.54, 1.807) is 0 Å². The van der Waals surface area contributed by atoms with Crippen LogP contribution in [0.5, 0.6) is 0 Å². The van der Waals surface area contributed by atoms with Crippen LogP contribution in [0.1, 0.15) is 59.8 Å². The first kappa shape index (κ1) is 15.0. The fourth-order valence-corrected chi connectivity index (χ4v) is 2.11. The lowest BCUT2D eigenvalue weighted by Crippen LogP contribution is -2.46. The standard InChI is InChI=1S/C14H26N2O2/c1-5-12(17)15-10-6-8-11(9-7-10)16-13(18)14(2,3)4/h10-11H,5-9H2,1-4H3,(H,15,17)(H,16,18). The molecule has 0 bridgehead atoms. The predicted octanol–water partition coefficient (Wildman–Crippen LogP) is 1.99. The minimum Gasteiger partial charge on any atom is -0.353 e. The molecule has 104 valence electrons. The number of rotatable bonds is 3. The minimum absolute atomic E-state index is 0.114. The van der Waals surface area contributed by atoms with Crippen molar-refractivity contribution in [2.75, 3.05) is 0 Å². The molecule has 1 aliphatic rings. The van der Waals surface area contributed by atoms with E-state index in [9.17, 15) is 9.59 Å². The zero-order valence-electron chi connectivity index (χ0n) is 12.0. The molecule has 4 heteroatoms. The molecule has 1 saturated carbocycles. The van der Waals surface area contributed by atoms with Crippen LogP contribution in [0.15, 0.2) is 0 Å². The summed E-state index contributed by atoms with van der Waals surface area (Å²) >= 11 is 0. The van der Waals surface area contributed by atoms with E-state index in [4.69, 9.17) is 0 Å². The maximum Gasteiger partial charge on any atom is 0.225 e. The summed E-state index contributed by atoms with van der Waals surface area (Å²) in [6, 6.07) is 0.562. The van der Waals surface area contributed by atoms with Crippen molar-refractivity contribution in [3.05, 3.63) is 0 Å². The number of carbonyl (C=O) groups excluding carboxylic acids is 2. The van der Waals surface area contributed by atoms with E-state index < -0.39 is 0 Å². The Kier molecular flexibility index (Phi) is 5.17. The van der Waals surface area contributed by atoms with Crippen molar-refractivity contribution in [1.82, 2.24) is 10.6 Å². The van der Waals surface area contributed by atoms with Crippen LogP contribution < -0.4 is 10.6 Å². The Labute approximate surface area is 110 Å². The van der Waals surface area contributed by atoms with Gasteiger partial charge in [0.05, 0.1) is 0 Å².